The highest BCUT2D eigenvalue weighted by Gasteiger charge is 2.40. The Hall–Kier alpha value is -1.88. The Kier molecular flexibility index (Phi) is 5.48. The van der Waals surface area contributed by atoms with E-state index >= 15 is 0 Å². The van der Waals surface area contributed by atoms with Crippen LogP contribution in [-0.2, 0) is 0 Å². The molecule has 1 saturated heterocycles. The lowest BCUT2D eigenvalue weighted by atomic mass is 9.95. The first-order valence-corrected chi connectivity index (χ1v) is 10.7. The standard InChI is InChI=1S/C22H30N4S/c1-16(2)14-26-21(20(24-22(26)27)19-10-6-7-12-23-19)17-11-13-25(15-17)18-8-4-3-5-9-18/h6-7,10-13,15-16,18,20-21H,3-5,8-9,14H2,1-2H3,(H,24,27)/t20-,21-/m1/s1. The average Bonchev–Trinajstić information content (AvgIpc) is 3.28. The van der Waals surface area contributed by atoms with E-state index in [0.717, 1.165) is 17.4 Å². The summed E-state index contributed by atoms with van der Waals surface area (Å²) in [6, 6.07) is 9.36. The predicted molar refractivity (Wildman–Crippen MR) is 114 cm³/mol. The lowest BCUT2D eigenvalue weighted by molar-refractivity contribution is 0.286. The van der Waals surface area contributed by atoms with Gasteiger partial charge in [0.2, 0.25) is 0 Å². The van der Waals surface area contributed by atoms with Crippen molar-refractivity contribution in [3.05, 3.63) is 54.1 Å². The van der Waals surface area contributed by atoms with Crippen molar-refractivity contribution >= 4 is 17.3 Å². The van der Waals surface area contributed by atoms with Gasteiger partial charge in [0, 0.05) is 31.2 Å². The number of thiocarbonyl (C=S) groups is 1. The topological polar surface area (TPSA) is 33.1 Å². The predicted octanol–water partition coefficient (Wildman–Crippen LogP) is 5.02. The zero-order chi connectivity index (χ0) is 18.8. The minimum atomic E-state index is 0.0969. The van der Waals surface area contributed by atoms with Gasteiger partial charge in [-0.25, -0.2) is 0 Å². The van der Waals surface area contributed by atoms with Crippen LogP contribution in [0.3, 0.4) is 0 Å². The Morgan fingerprint density at radius 1 is 1.19 bits per heavy atom. The molecule has 0 bridgehead atoms. The molecule has 144 valence electrons. The molecule has 2 aliphatic rings. The minimum Gasteiger partial charge on any atom is -0.352 e. The molecule has 1 aliphatic carbocycles. The van der Waals surface area contributed by atoms with Gasteiger partial charge in [0.25, 0.3) is 0 Å². The number of aromatic nitrogens is 2. The molecule has 2 aromatic rings. The molecule has 0 amide bonds. The van der Waals surface area contributed by atoms with Crippen LogP contribution in [0.2, 0.25) is 0 Å². The van der Waals surface area contributed by atoms with Crippen LogP contribution in [0, 0.1) is 5.92 Å². The molecule has 0 radical (unpaired) electrons. The zero-order valence-corrected chi connectivity index (χ0v) is 17.2. The van der Waals surface area contributed by atoms with Gasteiger partial charge in [-0.05, 0) is 54.7 Å². The highest BCUT2D eigenvalue weighted by molar-refractivity contribution is 7.80. The molecule has 0 aromatic carbocycles. The van der Waals surface area contributed by atoms with E-state index in [-0.39, 0.29) is 12.1 Å². The summed E-state index contributed by atoms with van der Waals surface area (Å²) < 4.78 is 2.44. The highest BCUT2D eigenvalue weighted by atomic mass is 32.1. The summed E-state index contributed by atoms with van der Waals surface area (Å²) in [5, 5.41) is 4.39. The smallest absolute Gasteiger partial charge is 0.170 e. The fourth-order valence-electron chi connectivity index (χ4n) is 4.57. The first kappa shape index (κ1) is 18.5. The van der Waals surface area contributed by atoms with Gasteiger partial charge in [-0.3, -0.25) is 4.98 Å². The van der Waals surface area contributed by atoms with Gasteiger partial charge in [-0.1, -0.05) is 39.2 Å². The summed E-state index contributed by atoms with van der Waals surface area (Å²) in [5.74, 6) is 0.551. The van der Waals surface area contributed by atoms with E-state index in [1.807, 2.05) is 12.3 Å². The molecule has 0 spiro atoms. The second-order valence-electron chi connectivity index (χ2n) is 8.36. The Balaban J connectivity index is 1.66. The van der Waals surface area contributed by atoms with Gasteiger partial charge >= 0.3 is 0 Å². The van der Waals surface area contributed by atoms with E-state index < -0.39 is 0 Å². The van der Waals surface area contributed by atoms with Crippen LogP contribution in [0.15, 0.2) is 42.9 Å². The van der Waals surface area contributed by atoms with E-state index in [1.54, 1.807) is 0 Å². The van der Waals surface area contributed by atoms with Crippen molar-refractivity contribution < 1.29 is 0 Å². The Labute approximate surface area is 168 Å². The van der Waals surface area contributed by atoms with Crippen molar-refractivity contribution in [1.82, 2.24) is 19.8 Å². The molecule has 1 saturated carbocycles. The third-order valence-electron chi connectivity index (χ3n) is 5.83. The van der Waals surface area contributed by atoms with E-state index in [1.165, 1.54) is 37.7 Å². The quantitative estimate of drug-likeness (QED) is 0.736. The molecule has 1 aliphatic heterocycles. The number of hydrogen-bond donors (Lipinski definition) is 1. The maximum Gasteiger partial charge on any atom is 0.170 e. The third kappa shape index (κ3) is 3.88. The summed E-state index contributed by atoms with van der Waals surface area (Å²) in [4.78, 5) is 6.99. The van der Waals surface area contributed by atoms with E-state index in [0.29, 0.717) is 12.0 Å². The van der Waals surface area contributed by atoms with Gasteiger partial charge in [-0.15, -0.1) is 0 Å². The van der Waals surface area contributed by atoms with Crippen LogP contribution < -0.4 is 5.32 Å². The minimum absolute atomic E-state index is 0.0969. The molecule has 5 heteroatoms. The Morgan fingerprint density at radius 2 is 2.00 bits per heavy atom. The summed E-state index contributed by atoms with van der Waals surface area (Å²) in [6.45, 7) is 5.45. The maximum absolute atomic E-state index is 5.73. The van der Waals surface area contributed by atoms with Crippen molar-refractivity contribution in [2.24, 2.45) is 5.92 Å². The van der Waals surface area contributed by atoms with Crippen LogP contribution >= 0.6 is 12.2 Å². The molecule has 3 heterocycles. The third-order valence-corrected chi connectivity index (χ3v) is 6.19. The van der Waals surface area contributed by atoms with Crippen molar-refractivity contribution in [3.63, 3.8) is 0 Å². The van der Waals surface area contributed by atoms with Crippen LogP contribution in [0.4, 0.5) is 0 Å². The number of nitrogens with zero attached hydrogens (tertiary/aromatic N) is 3. The monoisotopic (exact) mass is 382 g/mol. The summed E-state index contributed by atoms with van der Waals surface area (Å²) in [5.41, 5.74) is 2.39. The molecule has 2 fully saturated rings. The number of nitrogens with one attached hydrogen (secondary N) is 1. The summed E-state index contributed by atoms with van der Waals surface area (Å²) in [7, 11) is 0. The lowest BCUT2D eigenvalue weighted by Crippen LogP contribution is -2.32. The fourth-order valence-corrected chi connectivity index (χ4v) is 4.89. The van der Waals surface area contributed by atoms with E-state index in [2.05, 4.69) is 64.2 Å². The van der Waals surface area contributed by atoms with Crippen molar-refractivity contribution in [3.8, 4) is 0 Å². The lowest BCUT2D eigenvalue weighted by Gasteiger charge is -2.29. The van der Waals surface area contributed by atoms with Gasteiger partial charge in [0.15, 0.2) is 5.11 Å². The van der Waals surface area contributed by atoms with Crippen molar-refractivity contribution in [1.29, 1.82) is 0 Å². The molecule has 27 heavy (non-hydrogen) atoms. The van der Waals surface area contributed by atoms with Gasteiger partial charge in [-0.2, -0.15) is 0 Å². The SMILES string of the molecule is CC(C)CN1C(=S)N[C@H](c2ccccn2)[C@H]1c1ccn(C2CCCCC2)c1. The number of rotatable bonds is 5. The fraction of sp³-hybridized carbons (Fsp3) is 0.545. The van der Waals surface area contributed by atoms with Crippen molar-refractivity contribution in [2.45, 2.75) is 64.1 Å². The molecule has 4 rings (SSSR count). The number of pyridine rings is 1. The Bertz CT molecular complexity index is 764. The van der Waals surface area contributed by atoms with E-state index in [9.17, 15) is 0 Å². The summed E-state index contributed by atoms with van der Waals surface area (Å²) in [6.07, 6.45) is 13.2. The molecule has 2 atom stereocenters. The molecule has 1 N–H and O–H groups in total. The number of hydrogen-bond acceptors (Lipinski definition) is 2. The average molecular weight is 383 g/mol. The molecule has 4 nitrogen and oxygen atoms in total. The molecular formula is C22H30N4S. The second-order valence-corrected chi connectivity index (χ2v) is 8.74. The normalized spacial score (nSPS) is 23.8. The Morgan fingerprint density at radius 3 is 2.70 bits per heavy atom. The van der Waals surface area contributed by atoms with Gasteiger partial charge < -0.3 is 14.8 Å². The highest BCUT2D eigenvalue weighted by Crippen LogP contribution is 2.40. The first-order chi connectivity index (χ1) is 13.1. The van der Waals surface area contributed by atoms with Crippen LogP contribution in [0.1, 0.15) is 75.3 Å². The second kappa shape index (κ2) is 8.01. The van der Waals surface area contributed by atoms with Gasteiger partial charge in [0.05, 0.1) is 17.8 Å². The summed E-state index contributed by atoms with van der Waals surface area (Å²) >= 11 is 5.73. The van der Waals surface area contributed by atoms with Crippen LogP contribution in [0.25, 0.3) is 0 Å². The zero-order valence-electron chi connectivity index (χ0n) is 16.3. The van der Waals surface area contributed by atoms with Gasteiger partial charge in [0.1, 0.15) is 0 Å². The van der Waals surface area contributed by atoms with E-state index in [4.69, 9.17) is 12.2 Å². The maximum atomic E-state index is 5.73. The molecule has 2 aromatic heterocycles. The largest absolute Gasteiger partial charge is 0.352 e. The van der Waals surface area contributed by atoms with Crippen LogP contribution in [-0.4, -0.2) is 26.1 Å². The van der Waals surface area contributed by atoms with Crippen molar-refractivity contribution in [2.75, 3.05) is 6.54 Å². The molecule has 0 unspecified atom stereocenters. The van der Waals surface area contributed by atoms with Crippen LogP contribution in [0.5, 0.6) is 0 Å². The molecular weight excluding hydrogens is 352 g/mol. The first-order valence-electron chi connectivity index (χ1n) is 10.3.